The van der Waals surface area contributed by atoms with Gasteiger partial charge in [0.15, 0.2) is 12.2 Å². The van der Waals surface area contributed by atoms with Crippen LogP contribution in [0.1, 0.15) is 491 Å². The maximum Gasteiger partial charge on any atom is 0.472 e. The van der Waals surface area contributed by atoms with Crippen molar-refractivity contribution >= 4 is 39.5 Å². The van der Waals surface area contributed by atoms with Crippen LogP contribution in [0.15, 0.2) is 0 Å². The van der Waals surface area contributed by atoms with Crippen molar-refractivity contribution < 1.29 is 80.2 Å². The molecule has 5 atom stereocenters. The predicted molar refractivity (Wildman–Crippen MR) is 455 cm³/mol. The second-order valence-electron chi connectivity index (χ2n) is 33.6. The lowest BCUT2D eigenvalue weighted by Crippen LogP contribution is -2.30. The normalized spacial score (nSPS) is 13.7. The molecule has 0 saturated carbocycles. The summed E-state index contributed by atoms with van der Waals surface area (Å²) < 4.78 is 69.0. The maximum atomic E-state index is 13.2. The Morgan fingerprint density at radius 2 is 0.418 bits per heavy atom. The predicted octanol–water partition coefficient (Wildman–Crippen LogP) is 28.2. The molecule has 110 heavy (non-hydrogen) atoms. The SMILES string of the molecule is CCCCCCCCCCCCCCCCCCCCCCC(=O)OC[C@H](COP(=O)(O)OC[C@@H](O)COP(=O)(O)OC[C@@H](COC(=O)CCCCCCCCC(C)C)OC(=O)CCCCCCCCCCCCCCCCCCCCCC)OC(=O)CCCCCCCCCCCCCCCCCCCCC(C)C. The molecule has 0 aliphatic carbocycles. The highest BCUT2D eigenvalue weighted by Crippen LogP contribution is 2.45. The van der Waals surface area contributed by atoms with Crippen LogP contribution < -0.4 is 0 Å². The molecule has 0 rings (SSSR count). The summed E-state index contributed by atoms with van der Waals surface area (Å²) in [6.07, 6.45) is 76.8. The van der Waals surface area contributed by atoms with E-state index in [0.29, 0.717) is 31.6 Å². The molecule has 0 aromatic rings. The molecule has 0 spiro atoms. The highest BCUT2D eigenvalue weighted by atomic mass is 31.2. The first-order valence-electron chi connectivity index (χ1n) is 47.0. The number of ether oxygens (including phenoxy) is 4. The molecule has 0 amide bonds. The smallest absolute Gasteiger partial charge is 0.462 e. The van der Waals surface area contributed by atoms with Gasteiger partial charge in [0.05, 0.1) is 26.4 Å². The van der Waals surface area contributed by atoms with E-state index in [0.717, 1.165) is 102 Å². The maximum absolute atomic E-state index is 13.2. The van der Waals surface area contributed by atoms with E-state index in [1.54, 1.807) is 0 Å². The van der Waals surface area contributed by atoms with Gasteiger partial charge in [-0.25, -0.2) is 9.13 Å². The largest absolute Gasteiger partial charge is 0.472 e. The standard InChI is InChI=1S/C91H178O17P2/c1-7-9-11-13-15-17-19-21-23-25-27-29-34-38-42-46-50-54-61-67-73-88(93)101-79-86(107-90(95)75-69-63-56-52-48-44-40-36-32-31-33-37-41-45-49-53-59-65-71-83(3)4)81-105-109(97,98)103-77-85(92)78-104-110(99,100)106-82-87(80-102-89(94)74-68-62-58-57-60-66-72-84(5)6)108-91(96)76-70-64-55-51-47-43-39-35-30-28-26-24-22-20-18-16-14-12-10-8-2/h83-87,92H,7-82H2,1-6H3,(H,97,98)(H,99,100)/t85-,86-,87-/m1/s1. The number of esters is 4. The summed E-state index contributed by atoms with van der Waals surface area (Å²) in [5, 5.41) is 10.7. The average molecular weight is 1610 g/mol. The minimum absolute atomic E-state index is 0.108. The first kappa shape index (κ1) is 108. The van der Waals surface area contributed by atoms with Gasteiger partial charge in [-0.05, 0) is 37.5 Å². The van der Waals surface area contributed by atoms with E-state index in [1.807, 2.05) is 0 Å². The fourth-order valence-electron chi connectivity index (χ4n) is 14.3. The third kappa shape index (κ3) is 84.0. The lowest BCUT2D eigenvalue weighted by atomic mass is 10.0. The fourth-order valence-corrected chi connectivity index (χ4v) is 15.9. The highest BCUT2D eigenvalue weighted by molar-refractivity contribution is 7.47. The zero-order valence-electron chi connectivity index (χ0n) is 72.6. The Morgan fingerprint density at radius 3 is 0.618 bits per heavy atom. The zero-order valence-corrected chi connectivity index (χ0v) is 74.4. The highest BCUT2D eigenvalue weighted by Gasteiger charge is 2.31. The van der Waals surface area contributed by atoms with Gasteiger partial charge in [-0.3, -0.25) is 37.3 Å². The summed E-state index contributed by atoms with van der Waals surface area (Å²) in [5.74, 6) is -0.600. The Labute approximate surface area is 677 Å². The topological polar surface area (TPSA) is 237 Å². The average Bonchev–Trinajstić information content (AvgIpc) is 0.899. The molecule has 0 fully saturated rings. The Hall–Kier alpha value is -1.94. The number of rotatable bonds is 90. The first-order chi connectivity index (χ1) is 53.4. The minimum atomic E-state index is -4.97. The van der Waals surface area contributed by atoms with Crippen LogP contribution in [0.4, 0.5) is 0 Å². The van der Waals surface area contributed by atoms with Crippen LogP contribution in [0.25, 0.3) is 0 Å². The molecule has 2 unspecified atom stereocenters. The molecule has 0 saturated heterocycles. The fraction of sp³-hybridized carbons (Fsp3) is 0.956. The van der Waals surface area contributed by atoms with Gasteiger partial charge < -0.3 is 33.8 Å². The zero-order chi connectivity index (χ0) is 80.6. The molecular weight excluding hydrogens is 1430 g/mol. The minimum Gasteiger partial charge on any atom is -0.462 e. The summed E-state index contributed by atoms with van der Waals surface area (Å²) in [6, 6.07) is 0. The van der Waals surface area contributed by atoms with E-state index in [1.165, 1.54) is 302 Å². The first-order valence-corrected chi connectivity index (χ1v) is 50.0. The van der Waals surface area contributed by atoms with Gasteiger partial charge in [0, 0.05) is 25.7 Å². The molecule has 17 nitrogen and oxygen atoms in total. The molecular formula is C91H178O17P2. The van der Waals surface area contributed by atoms with E-state index in [9.17, 15) is 43.2 Å². The number of aliphatic hydroxyl groups excluding tert-OH is 1. The second-order valence-corrected chi connectivity index (χ2v) is 36.6. The molecule has 0 radical (unpaired) electrons. The number of aliphatic hydroxyl groups is 1. The van der Waals surface area contributed by atoms with Crippen molar-refractivity contribution in [3.05, 3.63) is 0 Å². The van der Waals surface area contributed by atoms with Crippen molar-refractivity contribution in [1.29, 1.82) is 0 Å². The monoisotopic (exact) mass is 1610 g/mol. The number of phosphoric acid groups is 2. The summed E-state index contributed by atoms with van der Waals surface area (Å²) >= 11 is 0. The van der Waals surface area contributed by atoms with Gasteiger partial charge in [-0.1, -0.05) is 440 Å². The molecule has 0 aliphatic heterocycles. The third-order valence-electron chi connectivity index (χ3n) is 21.5. The van der Waals surface area contributed by atoms with Crippen LogP contribution in [-0.2, 0) is 65.4 Å². The van der Waals surface area contributed by atoms with Gasteiger partial charge in [0.25, 0.3) is 0 Å². The van der Waals surface area contributed by atoms with Crippen molar-refractivity contribution in [2.75, 3.05) is 39.6 Å². The van der Waals surface area contributed by atoms with Gasteiger partial charge in [0.2, 0.25) is 0 Å². The van der Waals surface area contributed by atoms with E-state index in [-0.39, 0.29) is 25.7 Å². The summed E-state index contributed by atoms with van der Waals surface area (Å²) in [4.78, 5) is 73.3. The van der Waals surface area contributed by atoms with Gasteiger partial charge >= 0.3 is 39.5 Å². The Balaban J connectivity index is 5.19. The van der Waals surface area contributed by atoms with Crippen LogP contribution >= 0.6 is 15.6 Å². The molecule has 3 N–H and O–H groups in total. The summed E-state index contributed by atoms with van der Waals surface area (Å²) in [5.41, 5.74) is 0. The lowest BCUT2D eigenvalue weighted by molar-refractivity contribution is -0.161. The molecule has 0 aliphatic rings. The van der Waals surface area contributed by atoms with Crippen molar-refractivity contribution in [3.8, 4) is 0 Å². The Kier molecular flexibility index (Phi) is 80.7. The number of unbranched alkanes of at least 4 members (excludes halogenated alkanes) is 60. The Morgan fingerprint density at radius 1 is 0.245 bits per heavy atom. The van der Waals surface area contributed by atoms with Crippen LogP contribution in [-0.4, -0.2) is 96.7 Å². The third-order valence-corrected chi connectivity index (χ3v) is 23.4. The summed E-state index contributed by atoms with van der Waals surface area (Å²) in [7, 11) is -9.93. The van der Waals surface area contributed by atoms with E-state index in [2.05, 4.69) is 41.5 Å². The van der Waals surface area contributed by atoms with Crippen LogP contribution in [0.5, 0.6) is 0 Å². The number of carbonyl (C=O) groups is 4. The molecule has 654 valence electrons. The molecule has 0 bridgehead atoms. The molecule has 0 aromatic heterocycles. The number of hydrogen-bond donors (Lipinski definition) is 3. The van der Waals surface area contributed by atoms with Gasteiger partial charge in [0.1, 0.15) is 19.3 Å². The van der Waals surface area contributed by atoms with E-state index in [4.69, 9.17) is 37.0 Å². The quantitative estimate of drug-likeness (QED) is 0.0222. The van der Waals surface area contributed by atoms with Gasteiger partial charge in [-0.2, -0.15) is 0 Å². The number of phosphoric ester groups is 2. The molecule has 0 heterocycles. The van der Waals surface area contributed by atoms with Crippen molar-refractivity contribution in [2.45, 2.75) is 509 Å². The van der Waals surface area contributed by atoms with Crippen LogP contribution in [0.2, 0.25) is 0 Å². The Bertz CT molecular complexity index is 2100. The van der Waals surface area contributed by atoms with Crippen molar-refractivity contribution in [2.24, 2.45) is 11.8 Å². The van der Waals surface area contributed by atoms with Crippen LogP contribution in [0, 0.1) is 11.8 Å². The number of hydrogen-bond acceptors (Lipinski definition) is 15. The van der Waals surface area contributed by atoms with Gasteiger partial charge in [-0.15, -0.1) is 0 Å². The second kappa shape index (κ2) is 82.2. The van der Waals surface area contributed by atoms with E-state index < -0.39 is 97.5 Å². The molecule has 19 heteroatoms. The number of carbonyl (C=O) groups excluding carboxylic acids is 4. The molecule has 0 aromatic carbocycles. The van der Waals surface area contributed by atoms with Crippen molar-refractivity contribution in [1.82, 2.24) is 0 Å². The summed E-state index contributed by atoms with van der Waals surface area (Å²) in [6.45, 7) is 9.65. The van der Waals surface area contributed by atoms with Crippen molar-refractivity contribution in [3.63, 3.8) is 0 Å². The van der Waals surface area contributed by atoms with Crippen LogP contribution in [0.3, 0.4) is 0 Å². The van der Waals surface area contributed by atoms with E-state index >= 15 is 0 Å². The lowest BCUT2D eigenvalue weighted by Gasteiger charge is -2.21.